The number of fused-ring (bicyclic) bond motifs is 1. The Morgan fingerprint density at radius 2 is 2.12 bits per heavy atom. The van der Waals surface area contributed by atoms with Gasteiger partial charge in [-0.15, -0.1) is 0 Å². The van der Waals surface area contributed by atoms with Gasteiger partial charge in [0.15, 0.2) is 17.5 Å². The Bertz CT molecular complexity index is 1310. The zero-order valence-electron chi connectivity index (χ0n) is 17.8. The molecule has 1 aliphatic rings. The lowest BCUT2D eigenvalue weighted by Crippen LogP contribution is -2.42. The van der Waals surface area contributed by atoms with Gasteiger partial charge in [-0.3, -0.25) is 4.79 Å². The molecule has 4 heterocycles. The number of hydrogen-bond donors (Lipinski definition) is 3. The predicted molar refractivity (Wildman–Crippen MR) is 122 cm³/mol. The van der Waals surface area contributed by atoms with E-state index in [0.717, 1.165) is 30.0 Å². The van der Waals surface area contributed by atoms with Crippen LogP contribution in [0.4, 0.5) is 10.2 Å². The van der Waals surface area contributed by atoms with Gasteiger partial charge in [0.1, 0.15) is 11.4 Å². The van der Waals surface area contributed by atoms with Crippen LogP contribution in [0.15, 0.2) is 55.0 Å². The average molecular weight is 446 g/mol. The number of para-hydroxylation sites is 1. The Morgan fingerprint density at radius 1 is 1.24 bits per heavy atom. The number of likely N-dealkylation sites (tertiary alicyclic amines) is 1. The van der Waals surface area contributed by atoms with Gasteiger partial charge in [0.25, 0.3) is 5.91 Å². The van der Waals surface area contributed by atoms with Gasteiger partial charge in [-0.05, 0) is 43.0 Å². The minimum Gasteiger partial charge on any atom is -0.507 e. The van der Waals surface area contributed by atoms with Crippen LogP contribution in [0.25, 0.3) is 22.4 Å². The van der Waals surface area contributed by atoms with E-state index in [1.807, 2.05) is 12.1 Å². The number of carbonyl (C=O) groups is 1. The zero-order valence-corrected chi connectivity index (χ0v) is 17.8. The summed E-state index contributed by atoms with van der Waals surface area (Å²) in [4.78, 5) is 30.5. The summed E-state index contributed by atoms with van der Waals surface area (Å²) in [7, 11) is 0. The number of H-pyrrole nitrogens is 1. The van der Waals surface area contributed by atoms with Gasteiger partial charge < -0.3 is 20.3 Å². The number of phenolic OH excluding ortho intramolecular Hbond substituents is 1. The summed E-state index contributed by atoms with van der Waals surface area (Å²) in [5.41, 5.74) is 1.76. The number of aromatic nitrogens is 4. The molecule has 8 nitrogen and oxygen atoms in total. The number of piperidine rings is 1. The van der Waals surface area contributed by atoms with E-state index in [0.29, 0.717) is 36.7 Å². The van der Waals surface area contributed by atoms with Crippen LogP contribution in [-0.4, -0.2) is 55.5 Å². The van der Waals surface area contributed by atoms with Crippen molar-refractivity contribution in [1.82, 2.24) is 24.8 Å². The molecular formula is C24H23FN6O2. The second-order valence-corrected chi connectivity index (χ2v) is 8.15. The van der Waals surface area contributed by atoms with Crippen molar-refractivity contribution in [2.75, 3.05) is 25.0 Å². The standard InChI is InChI=1S/C24H23FN6O2/c25-19-13-29-22(18-12-28-21-16(18)7-3-9-26-21)30-23(19)27-11-15-5-4-10-31(14-15)24(33)17-6-1-2-8-20(17)32/h1-3,6-9,12-13,15,32H,4-5,10-11,14H2,(H,26,28)(H,27,29,30)/t15-/m1/s1. The molecule has 0 bridgehead atoms. The van der Waals surface area contributed by atoms with E-state index in [1.54, 1.807) is 35.5 Å². The lowest BCUT2D eigenvalue weighted by molar-refractivity contribution is 0.0677. The van der Waals surface area contributed by atoms with Gasteiger partial charge in [-0.1, -0.05) is 12.1 Å². The fourth-order valence-corrected chi connectivity index (χ4v) is 4.24. The third-order valence-corrected chi connectivity index (χ3v) is 5.93. The number of pyridine rings is 1. The summed E-state index contributed by atoms with van der Waals surface area (Å²) in [6.45, 7) is 1.62. The first kappa shape index (κ1) is 20.9. The summed E-state index contributed by atoms with van der Waals surface area (Å²) < 4.78 is 14.5. The summed E-state index contributed by atoms with van der Waals surface area (Å²) in [5, 5.41) is 14.0. The molecule has 0 saturated carbocycles. The largest absolute Gasteiger partial charge is 0.507 e. The van der Waals surface area contributed by atoms with Crippen LogP contribution in [0.5, 0.6) is 5.75 Å². The number of nitrogens with one attached hydrogen (secondary N) is 2. The molecule has 0 unspecified atom stereocenters. The van der Waals surface area contributed by atoms with Crippen LogP contribution in [0.1, 0.15) is 23.2 Å². The third-order valence-electron chi connectivity index (χ3n) is 5.93. The van der Waals surface area contributed by atoms with Gasteiger partial charge in [0.2, 0.25) is 0 Å². The van der Waals surface area contributed by atoms with Crippen molar-refractivity contribution in [3.8, 4) is 17.1 Å². The first-order chi connectivity index (χ1) is 16.1. The van der Waals surface area contributed by atoms with Crippen molar-refractivity contribution < 1.29 is 14.3 Å². The molecule has 1 fully saturated rings. The van der Waals surface area contributed by atoms with Crippen molar-refractivity contribution in [2.24, 2.45) is 5.92 Å². The Hall–Kier alpha value is -4.01. The molecule has 0 radical (unpaired) electrons. The highest BCUT2D eigenvalue weighted by Crippen LogP contribution is 2.27. The van der Waals surface area contributed by atoms with E-state index in [1.165, 1.54) is 6.07 Å². The van der Waals surface area contributed by atoms with Gasteiger partial charge in [-0.2, -0.15) is 0 Å². The number of phenols is 1. The summed E-state index contributed by atoms with van der Waals surface area (Å²) in [6, 6.07) is 10.3. The van der Waals surface area contributed by atoms with Crippen molar-refractivity contribution in [3.05, 3.63) is 66.4 Å². The second-order valence-electron chi connectivity index (χ2n) is 8.15. The minimum atomic E-state index is -0.533. The maximum Gasteiger partial charge on any atom is 0.257 e. The average Bonchev–Trinajstić information content (AvgIpc) is 3.28. The number of aromatic amines is 1. The van der Waals surface area contributed by atoms with Crippen LogP contribution in [0.3, 0.4) is 0 Å². The highest BCUT2D eigenvalue weighted by Gasteiger charge is 2.26. The number of carbonyl (C=O) groups excluding carboxylic acids is 1. The summed E-state index contributed by atoms with van der Waals surface area (Å²) in [5.74, 6) is -0.0917. The van der Waals surface area contributed by atoms with Crippen LogP contribution in [0, 0.1) is 11.7 Å². The molecule has 168 valence electrons. The summed E-state index contributed by atoms with van der Waals surface area (Å²) in [6.07, 6.45) is 6.36. The molecule has 1 atom stereocenters. The number of anilines is 1. The van der Waals surface area contributed by atoms with E-state index in [-0.39, 0.29) is 23.4 Å². The van der Waals surface area contributed by atoms with Crippen LogP contribution in [-0.2, 0) is 0 Å². The fourth-order valence-electron chi connectivity index (χ4n) is 4.24. The molecule has 9 heteroatoms. The lowest BCUT2D eigenvalue weighted by Gasteiger charge is -2.33. The van der Waals surface area contributed by atoms with Crippen LogP contribution < -0.4 is 5.32 Å². The number of rotatable bonds is 5. The highest BCUT2D eigenvalue weighted by atomic mass is 19.1. The van der Waals surface area contributed by atoms with Crippen molar-refractivity contribution in [2.45, 2.75) is 12.8 Å². The molecule has 1 aliphatic heterocycles. The number of nitrogens with zero attached hydrogens (tertiary/aromatic N) is 4. The lowest BCUT2D eigenvalue weighted by atomic mass is 9.97. The smallest absolute Gasteiger partial charge is 0.257 e. The minimum absolute atomic E-state index is 0.0224. The monoisotopic (exact) mass is 446 g/mol. The number of halogens is 1. The van der Waals surface area contributed by atoms with Crippen molar-refractivity contribution >= 4 is 22.8 Å². The van der Waals surface area contributed by atoms with Gasteiger partial charge in [0, 0.05) is 43.0 Å². The summed E-state index contributed by atoms with van der Waals surface area (Å²) >= 11 is 0. The number of benzene rings is 1. The third kappa shape index (κ3) is 4.21. The number of amides is 1. The molecule has 1 aromatic carbocycles. The van der Waals surface area contributed by atoms with Crippen molar-refractivity contribution in [3.63, 3.8) is 0 Å². The SMILES string of the molecule is O=C(c1ccccc1O)N1CCC[C@H](CNc2nc(-c3c[nH]c4ncccc34)ncc2F)C1. The maximum atomic E-state index is 14.5. The van der Waals surface area contributed by atoms with E-state index in [9.17, 15) is 14.3 Å². The first-order valence-corrected chi connectivity index (χ1v) is 10.9. The molecule has 4 aromatic rings. The van der Waals surface area contributed by atoms with Crippen molar-refractivity contribution in [1.29, 1.82) is 0 Å². The Kier molecular flexibility index (Phi) is 5.60. The molecule has 3 aromatic heterocycles. The molecule has 0 spiro atoms. The van der Waals surface area contributed by atoms with Crippen LogP contribution in [0.2, 0.25) is 0 Å². The first-order valence-electron chi connectivity index (χ1n) is 10.9. The molecular weight excluding hydrogens is 423 g/mol. The maximum absolute atomic E-state index is 14.5. The number of hydrogen-bond acceptors (Lipinski definition) is 6. The zero-order chi connectivity index (χ0) is 22.8. The van der Waals surface area contributed by atoms with Gasteiger partial charge >= 0.3 is 0 Å². The van der Waals surface area contributed by atoms with E-state index < -0.39 is 5.82 Å². The fraction of sp³-hybridized carbons (Fsp3) is 0.250. The van der Waals surface area contributed by atoms with E-state index in [4.69, 9.17) is 0 Å². The Morgan fingerprint density at radius 3 is 3.00 bits per heavy atom. The highest BCUT2D eigenvalue weighted by molar-refractivity contribution is 5.96. The topological polar surface area (TPSA) is 107 Å². The predicted octanol–water partition coefficient (Wildman–Crippen LogP) is 3.83. The van der Waals surface area contributed by atoms with Gasteiger partial charge in [-0.25, -0.2) is 19.3 Å². The molecule has 0 aliphatic carbocycles. The molecule has 3 N–H and O–H groups in total. The van der Waals surface area contributed by atoms with E-state index in [2.05, 4.69) is 25.3 Å². The van der Waals surface area contributed by atoms with Gasteiger partial charge in [0.05, 0.1) is 11.8 Å². The molecule has 1 saturated heterocycles. The quantitative estimate of drug-likeness (QED) is 0.430. The molecule has 1 amide bonds. The Balaban J connectivity index is 1.29. The molecule has 33 heavy (non-hydrogen) atoms. The normalized spacial score (nSPS) is 16.2. The number of aromatic hydroxyl groups is 1. The van der Waals surface area contributed by atoms with Crippen LogP contribution >= 0.6 is 0 Å². The molecule has 5 rings (SSSR count). The Labute approximate surface area is 189 Å². The van der Waals surface area contributed by atoms with E-state index >= 15 is 0 Å². The second kappa shape index (κ2) is 8.85.